The van der Waals surface area contributed by atoms with Gasteiger partial charge in [-0.25, -0.2) is 4.39 Å². The van der Waals surface area contributed by atoms with E-state index in [1.54, 1.807) is 20.8 Å². The molecule has 3 rings (SSSR count). The standard InChI is InChI=1S/C22H24F4N4O2/c1-21(2,3)20(32)28-10-12-4-6-15(23)14(8-12)19-29-16(9-18(31)30-19)13-5-7-17(27-11-13)22(24,25)26/h4-8,11,16,19,29H,9-10H2,1-3H3,(H,28,32)(H,30,31). The maximum atomic E-state index is 14.6. The molecule has 1 aromatic carbocycles. The van der Waals surface area contributed by atoms with Crippen molar-refractivity contribution in [3.63, 3.8) is 0 Å². The van der Waals surface area contributed by atoms with Gasteiger partial charge in [0.25, 0.3) is 0 Å². The first-order valence-corrected chi connectivity index (χ1v) is 10.00. The third kappa shape index (κ3) is 5.61. The molecule has 1 aliphatic heterocycles. The molecule has 1 saturated heterocycles. The fraction of sp³-hybridized carbons (Fsp3) is 0.409. The number of aromatic nitrogens is 1. The lowest BCUT2D eigenvalue weighted by Gasteiger charge is -2.32. The Morgan fingerprint density at radius 3 is 2.50 bits per heavy atom. The van der Waals surface area contributed by atoms with Gasteiger partial charge < -0.3 is 10.6 Å². The fourth-order valence-electron chi connectivity index (χ4n) is 3.24. The van der Waals surface area contributed by atoms with Crippen LogP contribution in [0.3, 0.4) is 0 Å². The summed E-state index contributed by atoms with van der Waals surface area (Å²) in [7, 11) is 0. The highest BCUT2D eigenvalue weighted by molar-refractivity contribution is 5.81. The highest BCUT2D eigenvalue weighted by Gasteiger charge is 2.34. The Morgan fingerprint density at radius 1 is 1.19 bits per heavy atom. The minimum absolute atomic E-state index is 0.0352. The zero-order chi connectivity index (χ0) is 23.7. The van der Waals surface area contributed by atoms with Crippen molar-refractivity contribution < 1.29 is 27.2 Å². The molecule has 3 N–H and O–H groups in total. The third-order valence-electron chi connectivity index (χ3n) is 5.05. The van der Waals surface area contributed by atoms with Crippen LogP contribution in [0.2, 0.25) is 0 Å². The van der Waals surface area contributed by atoms with Gasteiger partial charge in [0.05, 0.1) is 0 Å². The van der Waals surface area contributed by atoms with Gasteiger partial charge in [0.15, 0.2) is 0 Å². The second-order valence-corrected chi connectivity index (χ2v) is 8.69. The number of pyridine rings is 1. The summed E-state index contributed by atoms with van der Waals surface area (Å²) in [6.07, 6.45) is -4.44. The molecule has 2 aromatic rings. The molecule has 6 nitrogen and oxygen atoms in total. The number of carbonyl (C=O) groups excluding carboxylic acids is 2. The van der Waals surface area contributed by atoms with Crippen LogP contribution in [0.1, 0.15) is 61.8 Å². The predicted octanol–water partition coefficient (Wildman–Crippen LogP) is 3.75. The highest BCUT2D eigenvalue weighted by atomic mass is 19.4. The van der Waals surface area contributed by atoms with E-state index in [1.807, 2.05) is 0 Å². The number of nitrogens with one attached hydrogen (secondary N) is 3. The van der Waals surface area contributed by atoms with Gasteiger partial charge in [-0.3, -0.25) is 19.9 Å². The van der Waals surface area contributed by atoms with Crippen LogP contribution in [0.25, 0.3) is 0 Å². The van der Waals surface area contributed by atoms with Gasteiger partial charge in [0.2, 0.25) is 11.8 Å². The number of alkyl halides is 3. The number of carbonyl (C=O) groups is 2. The van der Waals surface area contributed by atoms with Crippen LogP contribution in [0.15, 0.2) is 36.5 Å². The zero-order valence-corrected chi connectivity index (χ0v) is 17.8. The first kappa shape index (κ1) is 23.6. The molecule has 0 saturated carbocycles. The van der Waals surface area contributed by atoms with Crippen LogP contribution < -0.4 is 16.0 Å². The Labute approximate surface area is 182 Å². The van der Waals surface area contributed by atoms with Crippen LogP contribution in [-0.4, -0.2) is 16.8 Å². The summed E-state index contributed by atoms with van der Waals surface area (Å²) in [6, 6.07) is 5.75. The van der Waals surface area contributed by atoms with E-state index in [-0.39, 0.29) is 30.3 Å². The Kier molecular flexibility index (Phi) is 6.54. The van der Waals surface area contributed by atoms with Crippen LogP contribution >= 0.6 is 0 Å². The summed E-state index contributed by atoms with van der Waals surface area (Å²) in [5, 5.41) is 8.48. The normalized spacial score (nSPS) is 19.4. The number of nitrogens with zero attached hydrogens (tertiary/aromatic N) is 1. The summed E-state index contributed by atoms with van der Waals surface area (Å²) in [4.78, 5) is 27.8. The number of amides is 2. The SMILES string of the molecule is CC(C)(C)C(=O)NCc1ccc(F)c(C2NC(=O)CC(c3ccc(C(F)(F)F)nc3)N2)c1. The minimum atomic E-state index is -4.57. The summed E-state index contributed by atoms with van der Waals surface area (Å²) in [5.41, 5.74) is -0.440. The smallest absolute Gasteiger partial charge is 0.352 e. The molecule has 2 atom stereocenters. The maximum absolute atomic E-state index is 14.6. The minimum Gasteiger partial charge on any atom is -0.352 e. The molecule has 2 amide bonds. The van der Waals surface area contributed by atoms with Crippen molar-refractivity contribution >= 4 is 11.8 Å². The van der Waals surface area contributed by atoms with E-state index in [0.29, 0.717) is 11.1 Å². The molecule has 32 heavy (non-hydrogen) atoms. The fourth-order valence-corrected chi connectivity index (χ4v) is 3.24. The van der Waals surface area contributed by atoms with Gasteiger partial charge in [-0.15, -0.1) is 0 Å². The molecule has 2 heterocycles. The van der Waals surface area contributed by atoms with E-state index in [9.17, 15) is 27.2 Å². The van der Waals surface area contributed by atoms with E-state index < -0.39 is 35.3 Å². The van der Waals surface area contributed by atoms with Crippen molar-refractivity contribution in [1.82, 2.24) is 20.9 Å². The van der Waals surface area contributed by atoms with Crippen molar-refractivity contribution in [2.24, 2.45) is 5.41 Å². The number of hydrogen-bond donors (Lipinski definition) is 3. The van der Waals surface area contributed by atoms with E-state index in [0.717, 1.165) is 12.3 Å². The van der Waals surface area contributed by atoms with Gasteiger partial charge >= 0.3 is 6.18 Å². The van der Waals surface area contributed by atoms with Crippen LogP contribution in [0.5, 0.6) is 0 Å². The lowest BCUT2D eigenvalue weighted by Crippen LogP contribution is -2.47. The zero-order valence-electron chi connectivity index (χ0n) is 17.8. The van der Waals surface area contributed by atoms with Crippen molar-refractivity contribution in [3.8, 4) is 0 Å². The molecule has 2 unspecified atom stereocenters. The van der Waals surface area contributed by atoms with E-state index in [2.05, 4.69) is 20.9 Å². The largest absolute Gasteiger partial charge is 0.433 e. The summed E-state index contributed by atoms with van der Waals surface area (Å²) in [5.74, 6) is -1.12. The van der Waals surface area contributed by atoms with E-state index in [4.69, 9.17) is 0 Å². The third-order valence-corrected chi connectivity index (χ3v) is 5.05. The summed E-state index contributed by atoms with van der Waals surface area (Å²) in [6.45, 7) is 5.50. The van der Waals surface area contributed by atoms with Gasteiger partial charge in [0.1, 0.15) is 17.7 Å². The number of benzene rings is 1. The monoisotopic (exact) mass is 452 g/mol. The molecular weight excluding hydrogens is 428 g/mol. The van der Waals surface area contributed by atoms with Gasteiger partial charge in [-0.05, 0) is 29.3 Å². The average Bonchev–Trinajstić information content (AvgIpc) is 2.71. The molecule has 1 aliphatic rings. The molecule has 172 valence electrons. The van der Waals surface area contributed by atoms with Crippen LogP contribution in [-0.2, 0) is 22.3 Å². The topological polar surface area (TPSA) is 83.1 Å². The molecule has 0 aliphatic carbocycles. The van der Waals surface area contributed by atoms with Gasteiger partial charge in [0, 0.05) is 36.2 Å². The first-order valence-electron chi connectivity index (χ1n) is 10.00. The second-order valence-electron chi connectivity index (χ2n) is 8.69. The van der Waals surface area contributed by atoms with E-state index >= 15 is 0 Å². The second kappa shape index (κ2) is 8.85. The van der Waals surface area contributed by atoms with Gasteiger partial charge in [-0.1, -0.05) is 32.9 Å². The first-order chi connectivity index (χ1) is 14.8. The molecule has 10 heteroatoms. The van der Waals surface area contributed by atoms with Crippen LogP contribution in [0.4, 0.5) is 17.6 Å². The average molecular weight is 452 g/mol. The molecule has 1 fully saturated rings. The number of hydrogen-bond acceptors (Lipinski definition) is 4. The molecular formula is C22H24F4N4O2. The Hall–Kier alpha value is -3.01. The Morgan fingerprint density at radius 2 is 1.91 bits per heavy atom. The lowest BCUT2D eigenvalue weighted by molar-refractivity contribution is -0.141. The molecule has 0 radical (unpaired) electrons. The number of rotatable bonds is 4. The van der Waals surface area contributed by atoms with Crippen molar-refractivity contribution in [3.05, 3.63) is 64.7 Å². The van der Waals surface area contributed by atoms with Crippen molar-refractivity contribution in [2.75, 3.05) is 0 Å². The van der Waals surface area contributed by atoms with Crippen LogP contribution in [0, 0.1) is 11.2 Å². The Balaban J connectivity index is 1.78. The quantitative estimate of drug-likeness (QED) is 0.617. The Bertz CT molecular complexity index is 1000. The highest BCUT2D eigenvalue weighted by Crippen LogP contribution is 2.30. The molecule has 0 spiro atoms. The van der Waals surface area contributed by atoms with Crippen molar-refractivity contribution in [1.29, 1.82) is 0 Å². The lowest BCUT2D eigenvalue weighted by atomic mass is 9.95. The van der Waals surface area contributed by atoms with Crippen molar-refractivity contribution in [2.45, 2.75) is 52.1 Å². The van der Waals surface area contributed by atoms with Gasteiger partial charge in [-0.2, -0.15) is 13.2 Å². The maximum Gasteiger partial charge on any atom is 0.433 e. The molecule has 0 bridgehead atoms. The predicted molar refractivity (Wildman–Crippen MR) is 108 cm³/mol. The summed E-state index contributed by atoms with van der Waals surface area (Å²) < 4.78 is 52.8. The van der Waals surface area contributed by atoms with E-state index in [1.165, 1.54) is 24.3 Å². The summed E-state index contributed by atoms with van der Waals surface area (Å²) >= 11 is 0. The molecule has 1 aromatic heterocycles. The number of halogens is 4.